The Labute approximate surface area is 148 Å². The second kappa shape index (κ2) is 7.45. The van der Waals surface area contributed by atoms with Gasteiger partial charge in [-0.15, -0.1) is 0 Å². The highest BCUT2D eigenvalue weighted by atomic mass is 15.5. The van der Waals surface area contributed by atoms with Crippen molar-refractivity contribution in [2.45, 2.75) is 6.54 Å². The molecule has 0 atom stereocenters. The summed E-state index contributed by atoms with van der Waals surface area (Å²) in [6.45, 7) is 5.32. The zero-order valence-electron chi connectivity index (χ0n) is 14.3. The number of nitrogens with zero attached hydrogens (tertiary/aromatic N) is 3. The van der Waals surface area contributed by atoms with Crippen LogP contribution in [0.5, 0.6) is 0 Å². The number of hydrogen-bond acceptors (Lipinski definition) is 3. The first-order valence-electron chi connectivity index (χ1n) is 8.88. The van der Waals surface area contributed by atoms with Crippen LogP contribution in [-0.4, -0.2) is 42.4 Å². The zero-order chi connectivity index (χ0) is 16.9. The highest BCUT2D eigenvalue weighted by Crippen LogP contribution is 2.17. The van der Waals surface area contributed by atoms with Gasteiger partial charge in [0.15, 0.2) is 0 Å². The molecule has 4 rings (SSSR count). The van der Waals surface area contributed by atoms with Gasteiger partial charge in [0.1, 0.15) is 6.54 Å². The molecule has 2 heterocycles. The molecule has 0 aliphatic carbocycles. The molecule has 4 nitrogen and oxygen atoms in total. The summed E-state index contributed by atoms with van der Waals surface area (Å²) in [7, 11) is 0. The summed E-state index contributed by atoms with van der Waals surface area (Å²) in [4.78, 5) is 5.75. The van der Waals surface area contributed by atoms with E-state index in [4.69, 9.17) is 0 Å². The van der Waals surface area contributed by atoms with Gasteiger partial charge >= 0.3 is 0 Å². The second-order valence-electron chi connectivity index (χ2n) is 6.55. The number of fused-ring (bicyclic) bond motifs is 1. The number of benzene rings is 2. The van der Waals surface area contributed by atoms with Crippen molar-refractivity contribution < 1.29 is 4.90 Å². The van der Waals surface area contributed by atoms with E-state index < -0.39 is 0 Å². The average molecular weight is 331 g/mol. The number of aromatic nitrogens is 1. The van der Waals surface area contributed by atoms with Crippen LogP contribution in [0.15, 0.2) is 72.1 Å². The molecule has 0 unspecified atom stereocenters. The molecule has 3 aromatic rings. The summed E-state index contributed by atoms with van der Waals surface area (Å²) in [5.41, 5.74) is 2.49. The van der Waals surface area contributed by atoms with E-state index in [1.807, 2.05) is 24.5 Å². The quantitative estimate of drug-likeness (QED) is 0.742. The highest BCUT2D eigenvalue weighted by molar-refractivity contribution is 5.85. The Balaban J connectivity index is 1.36. The van der Waals surface area contributed by atoms with Crippen molar-refractivity contribution >= 4 is 17.0 Å². The van der Waals surface area contributed by atoms with E-state index in [-0.39, 0.29) is 0 Å². The summed E-state index contributed by atoms with van der Waals surface area (Å²) < 4.78 is 0. The van der Waals surface area contributed by atoms with E-state index in [0.29, 0.717) is 0 Å². The number of hydrazone groups is 1. The molecular formula is C21H23N4+. The van der Waals surface area contributed by atoms with Crippen molar-refractivity contribution in [2.24, 2.45) is 5.10 Å². The van der Waals surface area contributed by atoms with E-state index in [1.54, 1.807) is 11.1 Å². The Kier molecular flexibility index (Phi) is 4.70. The van der Waals surface area contributed by atoms with Crippen LogP contribution < -0.4 is 4.90 Å². The Morgan fingerprint density at radius 3 is 2.68 bits per heavy atom. The molecule has 0 spiro atoms. The Morgan fingerprint density at radius 1 is 1.00 bits per heavy atom. The third-order valence-corrected chi connectivity index (χ3v) is 4.82. The first-order chi connectivity index (χ1) is 12.4. The summed E-state index contributed by atoms with van der Waals surface area (Å²) in [5, 5.41) is 9.48. The lowest BCUT2D eigenvalue weighted by atomic mass is 10.0. The van der Waals surface area contributed by atoms with Gasteiger partial charge in [-0.3, -0.25) is 9.99 Å². The van der Waals surface area contributed by atoms with Crippen molar-refractivity contribution in [3.05, 3.63) is 78.1 Å². The number of quaternary nitrogens is 1. The van der Waals surface area contributed by atoms with Crippen molar-refractivity contribution in [1.29, 1.82) is 0 Å². The smallest absolute Gasteiger partial charge is 0.104 e. The predicted molar refractivity (Wildman–Crippen MR) is 102 cm³/mol. The average Bonchev–Trinajstić information content (AvgIpc) is 2.69. The number of nitrogens with one attached hydrogen (secondary N) is 1. The van der Waals surface area contributed by atoms with Gasteiger partial charge in [-0.2, -0.15) is 5.10 Å². The van der Waals surface area contributed by atoms with Gasteiger partial charge in [0.05, 0.1) is 32.4 Å². The van der Waals surface area contributed by atoms with Gasteiger partial charge in [-0.05, 0) is 16.8 Å². The van der Waals surface area contributed by atoms with E-state index >= 15 is 0 Å². The van der Waals surface area contributed by atoms with Crippen LogP contribution in [0.2, 0.25) is 0 Å². The third kappa shape index (κ3) is 3.86. The van der Waals surface area contributed by atoms with Crippen molar-refractivity contribution in [2.75, 3.05) is 26.2 Å². The van der Waals surface area contributed by atoms with E-state index in [0.717, 1.165) is 38.3 Å². The van der Waals surface area contributed by atoms with Crippen LogP contribution in [0.1, 0.15) is 11.1 Å². The second-order valence-corrected chi connectivity index (χ2v) is 6.55. The lowest BCUT2D eigenvalue weighted by molar-refractivity contribution is -0.918. The SMILES string of the molecule is C(=N/N1CC[NH+](Cc2cccc3ccccc23)CC1)/c1cccnc1. The van der Waals surface area contributed by atoms with Gasteiger partial charge in [-0.1, -0.05) is 48.5 Å². The fourth-order valence-corrected chi connectivity index (χ4v) is 3.42. The fourth-order valence-electron chi connectivity index (χ4n) is 3.42. The van der Waals surface area contributed by atoms with Crippen molar-refractivity contribution in [1.82, 2.24) is 9.99 Å². The minimum Gasteiger partial charge on any atom is -0.328 e. The monoisotopic (exact) mass is 331 g/mol. The summed E-state index contributed by atoms with van der Waals surface area (Å²) in [5.74, 6) is 0. The Hall–Kier alpha value is -2.72. The van der Waals surface area contributed by atoms with Crippen LogP contribution in [0.25, 0.3) is 10.8 Å². The highest BCUT2D eigenvalue weighted by Gasteiger charge is 2.19. The van der Waals surface area contributed by atoms with Gasteiger partial charge in [-0.25, -0.2) is 0 Å². The van der Waals surface area contributed by atoms with Crippen molar-refractivity contribution in [3.8, 4) is 0 Å². The molecule has 2 aromatic carbocycles. The fraction of sp³-hybridized carbons (Fsp3) is 0.238. The summed E-state index contributed by atoms with van der Waals surface area (Å²) >= 11 is 0. The van der Waals surface area contributed by atoms with Gasteiger partial charge in [0.2, 0.25) is 0 Å². The zero-order valence-corrected chi connectivity index (χ0v) is 14.3. The van der Waals surface area contributed by atoms with Gasteiger partial charge in [0.25, 0.3) is 0 Å². The molecule has 126 valence electrons. The lowest BCUT2D eigenvalue weighted by Gasteiger charge is -2.30. The Morgan fingerprint density at radius 2 is 1.84 bits per heavy atom. The standard InChI is InChI=1S/C21H22N4/c1-2-9-21-19(6-1)7-3-8-20(21)17-24-11-13-25(14-12-24)23-16-18-5-4-10-22-15-18/h1-10,15-16H,11-14,17H2/p+1/b23-16-. The first kappa shape index (κ1) is 15.8. The normalized spacial score (nSPS) is 15.9. The van der Waals surface area contributed by atoms with Crippen LogP contribution in [-0.2, 0) is 6.54 Å². The third-order valence-electron chi connectivity index (χ3n) is 4.82. The lowest BCUT2D eigenvalue weighted by Crippen LogP contribution is -3.13. The van der Waals surface area contributed by atoms with Crippen molar-refractivity contribution in [3.63, 3.8) is 0 Å². The van der Waals surface area contributed by atoms with E-state index in [2.05, 4.69) is 57.6 Å². The predicted octanol–water partition coefficient (Wildman–Crippen LogP) is 1.97. The van der Waals surface area contributed by atoms with Gasteiger partial charge in [0, 0.05) is 23.5 Å². The molecule has 0 bridgehead atoms. The molecule has 0 saturated carbocycles. The number of rotatable bonds is 4. The number of pyridine rings is 1. The van der Waals surface area contributed by atoms with Gasteiger partial charge < -0.3 is 4.90 Å². The maximum absolute atomic E-state index is 4.60. The molecule has 0 amide bonds. The minimum atomic E-state index is 0.997. The molecule has 1 aliphatic rings. The molecule has 1 N–H and O–H groups in total. The summed E-state index contributed by atoms with van der Waals surface area (Å²) in [6.07, 6.45) is 5.53. The maximum atomic E-state index is 4.60. The van der Waals surface area contributed by atoms with Crippen LogP contribution in [0, 0.1) is 0 Å². The Bertz CT molecular complexity index is 847. The molecule has 1 aliphatic heterocycles. The molecule has 25 heavy (non-hydrogen) atoms. The molecule has 1 aromatic heterocycles. The minimum absolute atomic E-state index is 0.997. The molecule has 0 radical (unpaired) electrons. The maximum Gasteiger partial charge on any atom is 0.104 e. The number of piperazine rings is 1. The molecule has 4 heteroatoms. The van der Waals surface area contributed by atoms with Crippen LogP contribution in [0.4, 0.5) is 0 Å². The molecule has 1 fully saturated rings. The number of hydrogen-bond donors (Lipinski definition) is 1. The van der Waals surface area contributed by atoms with Crippen LogP contribution >= 0.6 is 0 Å². The first-order valence-corrected chi connectivity index (χ1v) is 8.88. The summed E-state index contributed by atoms with van der Waals surface area (Å²) in [6, 6.07) is 19.3. The molecule has 1 saturated heterocycles. The molecular weight excluding hydrogens is 308 g/mol. The van der Waals surface area contributed by atoms with E-state index in [9.17, 15) is 0 Å². The van der Waals surface area contributed by atoms with E-state index in [1.165, 1.54) is 16.3 Å². The van der Waals surface area contributed by atoms with Crippen LogP contribution in [0.3, 0.4) is 0 Å². The largest absolute Gasteiger partial charge is 0.328 e. The topological polar surface area (TPSA) is 32.9 Å².